The van der Waals surface area contributed by atoms with Gasteiger partial charge in [0.2, 0.25) is 0 Å². The first kappa shape index (κ1) is 12.3. The predicted octanol–water partition coefficient (Wildman–Crippen LogP) is 0.359. The first-order chi connectivity index (χ1) is 7.33. The van der Waals surface area contributed by atoms with Crippen molar-refractivity contribution in [3.8, 4) is 0 Å². The van der Waals surface area contributed by atoms with E-state index in [4.69, 9.17) is 9.47 Å². The van der Waals surface area contributed by atoms with Crippen molar-refractivity contribution in [1.82, 2.24) is 10.6 Å². The molecule has 15 heavy (non-hydrogen) atoms. The van der Waals surface area contributed by atoms with Crippen molar-refractivity contribution in [2.24, 2.45) is 5.92 Å². The van der Waals surface area contributed by atoms with Gasteiger partial charge in [-0.15, -0.1) is 0 Å². The molecule has 0 spiro atoms. The number of alkyl carbamates (subject to hydrolysis) is 1. The second-order valence-corrected chi connectivity index (χ2v) is 3.70. The van der Waals surface area contributed by atoms with E-state index in [9.17, 15) is 4.79 Å². The Labute approximate surface area is 90.5 Å². The first-order valence-electron chi connectivity index (χ1n) is 5.43. The molecule has 2 N–H and O–H groups in total. The molecule has 0 radical (unpaired) electrons. The van der Waals surface area contributed by atoms with E-state index in [-0.39, 0.29) is 6.09 Å². The molecule has 0 saturated carbocycles. The molecule has 1 aliphatic heterocycles. The summed E-state index contributed by atoms with van der Waals surface area (Å²) in [5, 5.41) is 6.05. The number of hydrogen-bond donors (Lipinski definition) is 2. The minimum atomic E-state index is -0.342. The van der Waals surface area contributed by atoms with Crippen LogP contribution in [0.1, 0.15) is 12.8 Å². The molecule has 1 amide bonds. The molecule has 1 heterocycles. The van der Waals surface area contributed by atoms with Gasteiger partial charge in [-0.3, -0.25) is 0 Å². The van der Waals surface area contributed by atoms with Gasteiger partial charge in [0.1, 0.15) is 6.61 Å². The van der Waals surface area contributed by atoms with Gasteiger partial charge in [0.15, 0.2) is 0 Å². The highest BCUT2D eigenvalue weighted by atomic mass is 16.6. The van der Waals surface area contributed by atoms with Gasteiger partial charge in [0, 0.05) is 13.7 Å². The van der Waals surface area contributed by atoms with Gasteiger partial charge in [-0.25, -0.2) is 4.79 Å². The fourth-order valence-electron chi connectivity index (χ4n) is 1.58. The van der Waals surface area contributed by atoms with Crippen molar-refractivity contribution in [1.29, 1.82) is 0 Å². The van der Waals surface area contributed by atoms with Crippen LogP contribution in [0.2, 0.25) is 0 Å². The van der Waals surface area contributed by atoms with E-state index in [1.54, 1.807) is 7.11 Å². The van der Waals surface area contributed by atoms with Crippen molar-refractivity contribution in [2.45, 2.75) is 12.8 Å². The van der Waals surface area contributed by atoms with Crippen LogP contribution in [0.5, 0.6) is 0 Å². The Balaban J connectivity index is 2.00. The maximum Gasteiger partial charge on any atom is 0.407 e. The second kappa shape index (κ2) is 7.48. The zero-order valence-electron chi connectivity index (χ0n) is 9.25. The Bertz CT molecular complexity index is 182. The van der Waals surface area contributed by atoms with E-state index >= 15 is 0 Å². The largest absolute Gasteiger partial charge is 0.447 e. The molecule has 0 unspecified atom stereocenters. The summed E-state index contributed by atoms with van der Waals surface area (Å²) in [6.45, 7) is 3.57. The number of hydrogen-bond acceptors (Lipinski definition) is 4. The predicted molar refractivity (Wildman–Crippen MR) is 56.8 cm³/mol. The van der Waals surface area contributed by atoms with Crippen LogP contribution in [0, 0.1) is 5.92 Å². The van der Waals surface area contributed by atoms with E-state index in [0.717, 1.165) is 25.9 Å². The Hall–Kier alpha value is -0.810. The molecule has 1 saturated heterocycles. The van der Waals surface area contributed by atoms with Gasteiger partial charge >= 0.3 is 6.09 Å². The first-order valence-corrected chi connectivity index (χ1v) is 5.43. The van der Waals surface area contributed by atoms with E-state index in [1.807, 2.05) is 0 Å². The third-order valence-corrected chi connectivity index (χ3v) is 2.51. The number of piperidine rings is 1. The molecular formula is C10H20N2O3. The van der Waals surface area contributed by atoms with Gasteiger partial charge in [0.25, 0.3) is 0 Å². The van der Waals surface area contributed by atoms with Gasteiger partial charge in [-0.1, -0.05) is 0 Å². The zero-order valence-corrected chi connectivity index (χ0v) is 9.25. The molecule has 1 fully saturated rings. The zero-order chi connectivity index (χ0) is 10.9. The molecule has 5 heteroatoms. The molecule has 0 bridgehead atoms. The maximum absolute atomic E-state index is 11.2. The Morgan fingerprint density at radius 1 is 1.40 bits per heavy atom. The molecule has 1 rings (SSSR count). The van der Waals surface area contributed by atoms with Gasteiger partial charge in [0.05, 0.1) is 6.61 Å². The third-order valence-electron chi connectivity index (χ3n) is 2.51. The topological polar surface area (TPSA) is 59.6 Å². The SMILES string of the molecule is COCCOC(=O)NCC1CCNCC1. The highest BCUT2D eigenvalue weighted by molar-refractivity contribution is 5.67. The summed E-state index contributed by atoms with van der Waals surface area (Å²) in [4.78, 5) is 11.2. The number of rotatable bonds is 5. The fourth-order valence-corrected chi connectivity index (χ4v) is 1.58. The lowest BCUT2D eigenvalue weighted by Gasteiger charge is -2.22. The Morgan fingerprint density at radius 2 is 2.13 bits per heavy atom. The number of nitrogens with one attached hydrogen (secondary N) is 2. The molecule has 88 valence electrons. The van der Waals surface area contributed by atoms with Crippen LogP contribution < -0.4 is 10.6 Å². The summed E-state index contributed by atoms with van der Waals surface area (Å²) in [6.07, 6.45) is 1.90. The Morgan fingerprint density at radius 3 is 2.80 bits per heavy atom. The normalized spacial score (nSPS) is 17.4. The van der Waals surface area contributed by atoms with Gasteiger partial charge in [-0.2, -0.15) is 0 Å². The summed E-state index contributed by atoms with van der Waals surface area (Å²) >= 11 is 0. The molecule has 5 nitrogen and oxygen atoms in total. The monoisotopic (exact) mass is 216 g/mol. The third kappa shape index (κ3) is 5.59. The van der Waals surface area contributed by atoms with E-state index < -0.39 is 0 Å². The van der Waals surface area contributed by atoms with Crippen molar-refractivity contribution in [2.75, 3.05) is 40.0 Å². The van der Waals surface area contributed by atoms with Crippen molar-refractivity contribution in [3.63, 3.8) is 0 Å². The van der Waals surface area contributed by atoms with Gasteiger partial charge in [-0.05, 0) is 31.8 Å². The lowest BCUT2D eigenvalue weighted by Crippen LogP contribution is -2.36. The molecule has 0 atom stereocenters. The standard InChI is InChI=1S/C10H20N2O3/c1-14-6-7-15-10(13)12-8-9-2-4-11-5-3-9/h9,11H,2-8H2,1H3,(H,12,13). The fraction of sp³-hybridized carbons (Fsp3) is 0.900. The smallest absolute Gasteiger partial charge is 0.407 e. The number of carbonyl (C=O) groups excluding carboxylic acids is 1. The van der Waals surface area contributed by atoms with Crippen LogP contribution in [0.25, 0.3) is 0 Å². The highest BCUT2D eigenvalue weighted by Crippen LogP contribution is 2.09. The lowest BCUT2D eigenvalue weighted by molar-refractivity contribution is 0.0974. The number of amides is 1. The summed E-state index contributed by atoms with van der Waals surface area (Å²) in [5.74, 6) is 0.584. The average Bonchev–Trinajstić information content (AvgIpc) is 2.28. The number of methoxy groups -OCH3 is 1. The van der Waals surface area contributed by atoms with Crippen LogP contribution in [-0.4, -0.2) is 46.1 Å². The number of carbonyl (C=O) groups is 1. The van der Waals surface area contributed by atoms with Crippen LogP contribution in [-0.2, 0) is 9.47 Å². The average molecular weight is 216 g/mol. The second-order valence-electron chi connectivity index (χ2n) is 3.70. The molecule has 0 aromatic carbocycles. The minimum absolute atomic E-state index is 0.314. The molecule has 0 aliphatic carbocycles. The van der Waals surface area contributed by atoms with Crippen LogP contribution in [0.3, 0.4) is 0 Å². The summed E-state index contributed by atoms with van der Waals surface area (Å²) in [6, 6.07) is 0. The minimum Gasteiger partial charge on any atom is -0.447 e. The van der Waals surface area contributed by atoms with E-state index in [1.165, 1.54) is 0 Å². The number of ether oxygens (including phenoxy) is 2. The van der Waals surface area contributed by atoms with Crippen LogP contribution in [0.4, 0.5) is 4.79 Å². The molecule has 0 aromatic heterocycles. The van der Waals surface area contributed by atoms with Gasteiger partial charge < -0.3 is 20.1 Å². The molecule has 0 aromatic rings. The summed E-state index contributed by atoms with van der Waals surface area (Å²) < 4.78 is 9.66. The maximum atomic E-state index is 11.2. The van der Waals surface area contributed by atoms with E-state index in [0.29, 0.717) is 25.7 Å². The Kier molecular flexibility index (Phi) is 6.11. The van der Waals surface area contributed by atoms with Crippen LogP contribution >= 0.6 is 0 Å². The van der Waals surface area contributed by atoms with Crippen molar-refractivity contribution in [3.05, 3.63) is 0 Å². The van der Waals surface area contributed by atoms with Crippen LogP contribution in [0.15, 0.2) is 0 Å². The van der Waals surface area contributed by atoms with Crippen molar-refractivity contribution < 1.29 is 14.3 Å². The van der Waals surface area contributed by atoms with E-state index in [2.05, 4.69) is 10.6 Å². The highest BCUT2D eigenvalue weighted by Gasteiger charge is 2.13. The summed E-state index contributed by atoms with van der Waals surface area (Å²) in [7, 11) is 1.58. The molecular weight excluding hydrogens is 196 g/mol. The summed E-state index contributed by atoms with van der Waals surface area (Å²) in [5.41, 5.74) is 0. The quantitative estimate of drug-likeness (QED) is 0.651. The molecule has 1 aliphatic rings. The van der Waals surface area contributed by atoms with Crippen molar-refractivity contribution >= 4 is 6.09 Å². The lowest BCUT2D eigenvalue weighted by atomic mass is 9.98.